The zero-order valence-corrected chi connectivity index (χ0v) is 6.17. The fraction of sp³-hybridized carbons (Fsp3) is 0. The molecule has 0 bridgehead atoms. The summed E-state index contributed by atoms with van der Waals surface area (Å²) < 4.78 is 0. The van der Waals surface area contributed by atoms with E-state index in [0.29, 0.717) is 12.4 Å². The average molecular weight is 93.1 g/mol. The van der Waals surface area contributed by atoms with Gasteiger partial charge in [-0.1, -0.05) is 0 Å². The Morgan fingerprint density at radius 1 is 1.00 bits per heavy atom. The van der Waals surface area contributed by atoms with Crippen molar-refractivity contribution in [3.63, 3.8) is 0 Å². The molecule has 2 nitrogen and oxygen atoms in total. The van der Waals surface area contributed by atoms with E-state index in [-0.39, 0.29) is 51.4 Å². The molecule has 0 rings (SSSR count). The van der Waals surface area contributed by atoms with E-state index in [0.717, 1.165) is 0 Å². The molecule has 0 saturated carbocycles. The molecule has 0 aromatic rings. The first-order valence-corrected chi connectivity index (χ1v) is 0.850. The van der Waals surface area contributed by atoms with Crippen LogP contribution in [0.5, 0.6) is 0 Å². The van der Waals surface area contributed by atoms with Crippen LogP contribution in [0, 0.1) is 0 Å². The Morgan fingerprint density at radius 2 is 1.20 bits per heavy atom. The van der Waals surface area contributed by atoms with Gasteiger partial charge in [-0.05, 0) is 0 Å². The molecule has 0 heterocycles. The van der Waals surface area contributed by atoms with Crippen molar-refractivity contribution in [1.29, 1.82) is 0 Å². The van der Waals surface area contributed by atoms with E-state index in [1.54, 1.807) is 0 Å². The van der Waals surface area contributed by atoms with E-state index in [4.69, 9.17) is 10.8 Å². The molecule has 0 atom stereocenters. The molecule has 0 aromatic heterocycles. The van der Waals surface area contributed by atoms with E-state index in [1.807, 2.05) is 0 Å². The van der Waals surface area contributed by atoms with Crippen LogP contribution in [0.15, 0.2) is 0 Å². The van der Waals surface area contributed by atoms with Gasteiger partial charge in [0, 0.05) is 0 Å². The van der Waals surface area contributed by atoms with Crippen molar-refractivity contribution in [2.45, 2.75) is 0 Å². The fourth-order valence-corrected chi connectivity index (χ4v) is 0. The van der Waals surface area contributed by atoms with Crippen LogP contribution in [0.25, 0.3) is 10.8 Å². The second kappa shape index (κ2) is 8.88. The SMILES string of the molecule is [K+].[N-]=CC=[N-]. The predicted molar refractivity (Wildman–Crippen MR) is 18.8 cm³/mol. The first kappa shape index (κ1) is 9.36. The zero-order valence-electron chi connectivity index (χ0n) is 3.05. The molecular weight excluding hydrogens is 91.1 g/mol. The Bertz CT molecular complexity index is 28.6. The van der Waals surface area contributed by atoms with Gasteiger partial charge in [-0.3, -0.25) is 0 Å². The zero-order chi connectivity index (χ0) is 3.41. The number of nitrogens with zero attached hydrogens (tertiary/aromatic N) is 2. The molecule has 0 aliphatic rings. The van der Waals surface area contributed by atoms with Crippen LogP contribution in [-0.4, -0.2) is 12.4 Å². The molecule has 0 spiro atoms. The minimum Gasteiger partial charge on any atom is -0.812 e. The molecule has 0 fully saturated rings. The van der Waals surface area contributed by atoms with Crippen LogP contribution in [0.1, 0.15) is 0 Å². The van der Waals surface area contributed by atoms with Crippen LogP contribution < -0.4 is 51.4 Å². The fourth-order valence-electron chi connectivity index (χ4n) is 0. The summed E-state index contributed by atoms with van der Waals surface area (Å²) in [5.41, 5.74) is 0. The van der Waals surface area contributed by atoms with Gasteiger partial charge in [-0.2, -0.15) is 0 Å². The van der Waals surface area contributed by atoms with Crippen LogP contribution in [0.4, 0.5) is 0 Å². The first-order chi connectivity index (χ1) is 1.91. The molecular formula is C2H2KN2-. The molecule has 0 aliphatic carbocycles. The van der Waals surface area contributed by atoms with Crippen molar-refractivity contribution in [3.05, 3.63) is 10.8 Å². The van der Waals surface area contributed by atoms with Crippen LogP contribution in [0.2, 0.25) is 0 Å². The van der Waals surface area contributed by atoms with Gasteiger partial charge in [0.2, 0.25) is 0 Å². The third kappa shape index (κ3) is 11.3. The summed E-state index contributed by atoms with van der Waals surface area (Å²) >= 11 is 0. The molecule has 22 valence electrons. The monoisotopic (exact) mass is 93.0 g/mol. The van der Waals surface area contributed by atoms with E-state index >= 15 is 0 Å². The van der Waals surface area contributed by atoms with Gasteiger partial charge >= 0.3 is 51.4 Å². The molecule has 0 radical (unpaired) electrons. The van der Waals surface area contributed by atoms with Gasteiger partial charge in [-0.15, -0.1) is 0 Å². The van der Waals surface area contributed by atoms with E-state index < -0.39 is 0 Å². The Balaban J connectivity index is 0. The normalized spacial score (nSPS) is 4.00. The maximum absolute atomic E-state index is 7.44. The van der Waals surface area contributed by atoms with Crippen molar-refractivity contribution in [2.75, 3.05) is 0 Å². The Labute approximate surface area is 73.4 Å². The van der Waals surface area contributed by atoms with Crippen LogP contribution in [-0.2, 0) is 0 Å². The Kier molecular flexibility index (Phi) is 16.6. The summed E-state index contributed by atoms with van der Waals surface area (Å²) in [6.45, 7) is 0. The smallest absolute Gasteiger partial charge is 0.812 e. The van der Waals surface area contributed by atoms with Gasteiger partial charge in [0.1, 0.15) is 0 Å². The largest absolute Gasteiger partial charge is 1.00 e. The van der Waals surface area contributed by atoms with Crippen molar-refractivity contribution in [3.8, 4) is 0 Å². The first-order valence-electron chi connectivity index (χ1n) is 0.850. The van der Waals surface area contributed by atoms with Gasteiger partial charge in [0.05, 0.1) is 0 Å². The molecule has 0 amide bonds. The standard InChI is InChI=1S/C2H2N2.K/c3-1-2-4;/h1-2H;/q-2;+1. The third-order valence-electron chi connectivity index (χ3n) is 0.0667. The van der Waals surface area contributed by atoms with Gasteiger partial charge in [-0.25, -0.2) is 12.4 Å². The van der Waals surface area contributed by atoms with E-state index in [9.17, 15) is 0 Å². The summed E-state index contributed by atoms with van der Waals surface area (Å²) in [4.78, 5) is 0. The van der Waals surface area contributed by atoms with Gasteiger partial charge in [0.15, 0.2) is 0 Å². The third-order valence-corrected chi connectivity index (χ3v) is 0.0667. The van der Waals surface area contributed by atoms with Crippen molar-refractivity contribution >= 4 is 12.4 Å². The molecule has 0 saturated heterocycles. The van der Waals surface area contributed by atoms with Crippen LogP contribution >= 0.6 is 0 Å². The molecule has 5 heavy (non-hydrogen) atoms. The van der Waals surface area contributed by atoms with Crippen molar-refractivity contribution in [2.24, 2.45) is 0 Å². The molecule has 0 N–H and O–H groups in total. The number of hydrogen-bond acceptors (Lipinski definition) is 0. The van der Waals surface area contributed by atoms with E-state index in [2.05, 4.69) is 0 Å². The average Bonchev–Trinajstić information content (AvgIpc) is 1.37. The van der Waals surface area contributed by atoms with Crippen molar-refractivity contribution in [1.82, 2.24) is 0 Å². The second-order valence-electron chi connectivity index (χ2n) is 0.298. The quantitative estimate of drug-likeness (QED) is 0.249. The second-order valence-corrected chi connectivity index (χ2v) is 0.298. The van der Waals surface area contributed by atoms with Gasteiger partial charge in [0.25, 0.3) is 0 Å². The summed E-state index contributed by atoms with van der Waals surface area (Å²) in [7, 11) is 0. The van der Waals surface area contributed by atoms with Crippen molar-refractivity contribution < 1.29 is 51.4 Å². The predicted octanol–water partition coefficient (Wildman–Crippen LogP) is -2.73. The topological polar surface area (TPSA) is 44.6 Å². The molecule has 0 unspecified atom stereocenters. The maximum atomic E-state index is 7.44. The molecule has 3 heteroatoms. The van der Waals surface area contributed by atoms with Crippen LogP contribution in [0.3, 0.4) is 0 Å². The maximum Gasteiger partial charge on any atom is 1.00 e. The summed E-state index contributed by atoms with van der Waals surface area (Å²) in [5, 5.41) is 14.9. The molecule has 0 aliphatic heterocycles. The summed E-state index contributed by atoms with van der Waals surface area (Å²) in [6.07, 6.45) is 1.11. The minimum absolute atomic E-state index is 0. The Morgan fingerprint density at radius 3 is 1.20 bits per heavy atom. The number of rotatable bonds is 1. The number of hydrogen-bond donors (Lipinski definition) is 0. The summed E-state index contributed by atoms with van der Waals surface area (Å²) in [5.74, 6) is 0. The minimum atomic E-state index is 0. The van der Waals surface area contributed by atoms with E-state index in [1.165, 1.54) is 0 Å². The summed E-state index contributed by atoms with van der Waals surface area (Å²) in [6, 6.07) is 0. The van der Waals surface area contributed by atoms with Gasteiger partial charge < -0.3 is 10.8 Å². The Hall–Kier alpha value is 0.976. The molecule has 0 aromatic carbocycles.